The average molecular weight is 281 g/mol. The lowest BCUT2D eigenvalue weighted by atomic mass is 10.1. The topological polar surface area (TPSA) is 55.4 Å². The highest BCUT2D eigenvalue weighted by Crippen LogP contribution is 2.24. The maximum absolute atomic E-state index is 12.2. The Morgan fingerprint density at radius 1 is 1.21 bits per heavy atom. The number of sulfonamides is 1. The monoisotopic (exact) mass is 281 g/mol. The smallest absolute Gasteiger partial charge is 0.240 e. The summed E-state index contributed by atoms with van der Waals surface area (Å²) in [7, 11) is -3.40. The lowest BCUT2D eigenvalue weighted by Gasteiger charge is -2.12. The summed E-state index contributed by atoms with van der Waals surface area (Å²) in [5.41, 5.74) is 2.47. The molecule has 19 heavy (non-hydrogen) atoms. The predicted octanol–water partition coefficient (Wildman–Crippen LogP) is 1.63. The molecule has 1 fully saturated rings. The minimum atomic E-state index is -3.40. The molecule has 4 nitrogen and oxygen atoms in total. The van der Waals surface area contributed by atoms with Crippen molar-refractivity contribution in [1.29, 1.82) is 0 Å². The number of ether oxygens (including phenoxy) is 1. The van der Waals surface area contributed by atoms with Crippen LogP contribution in [0, 0.1) is 0 Å². The minimum Gasteiger partial charge on any atom is -0.377 e. The molecule has 2 aliphatic rings. The number of rotatable bonds is 4. The van der Waals surface area contributed by atoms with Crippen LogP contribution >= 0.6 is 0 Å². The maximum Gasteiger partial charge on any atom is 0.240 e. The second-order valence-electron chi connectivity index (χ2n) is 5.27. The third kappa shape index (κ3) is 2.83. The van der Waals surface area contributed by atoms with Crippen LogP contribution in [0.2, 0.25) is 0 Å². The summed E-state index contributed by atoms with van der Waals surface area (Å²) >= 11 is 0. The fraction of sp³-hybridized carbons (Fsp3) is 0.571. The molecule has 1 aromatic carbocycles. The predicted molar refractivity (Wildman–Crippen MR) is 72.6 cm³/mol. The van der Waals surface area contributed by atoms with E-state index in [4.69, 9.17) is 4.74 Å². The largest absolute Gasteiger partial charge is 0.377 e. The van der Waals surface area contributed by atoms with Crippen LogP contribution in [0.4, 0.5) is 0 Å². The fourth-order valence-electron chi connectivity index (χ4n) is 2.81. The van der Waals surface area contributed by atoms with E-state index in [-0.39, 0.29) is 6.10 Å². The van der Waals surface area contributed by atoms with Gasteiger partial charge in [0.2, 0.25) is 10.0 Å². The molecule has 0 spiro atoms. The molecule has 1 saturated heterocycles. The summed E-state index contributed by atoms with van der Waals surface area (Å²) in [6.07, 6.45) is 5.17. The lowest BCUT2D eigenvalue weighted by Crippen LogP contribution is -2.31. The Morgan fingerprint density at radius 2 is 2.05 bits per heavy atom. The van der Waals surface area contributed by atoms with E-state index in [0.29, 0.717) is 11.4 Å². The first-order valence-corrected chi connectivity index (χ1v) is 8.36. The fourth-order valence-corrected chi connectivity index (χ4v) is 3.92. The van der Waals surface area contributed by atoms with Gasteiger partial charge in [0.05, 0.1) is 11.0 Å². The van der Waals surface area contributed by atoms with Gasteiger partial charge >= 0.3 is 0 Å². The van der Waals surface area contributed by atoms with Crippen molar-refractivity contribution in [3.63, 3.8) is 0 Å². The molecule has 1 unspecified atom stereocenters. The zero-order valence-corrected chi connectivity index (χ0v) is 11.7. The molecule has 1 N–H and O–H groups in total. The van der Waals surface area contributed by atoms with Gasteiger partial charge in [-0.05, 0) is 55.4 Å². The first-order valence-electron chi connectivity index (χ1n) is 6.88. The molecule has 1 aliphatic carbocycles. The van der Waals surface area contributed by atoms with Gasteiger partial charge in [0.25, 0.3) is 0 Å². The van der Waals surface area contributed by atoms with E-state index in [1.807, 2.05) is 12.1 Å². The Balaban J connectivity index is 1.72. The second kappa shape index (κ2) is 5.23. The average Bonchev–Trinajstić information content (AvgIpc) is 3.06. The van der Waals surface area contributed by atoms with Crippen LogP contribution in [0.3, 0.4) is 0 Å². The molecule has 0 amide bonds. The molecule has 0 bridgehead atoms. The third-order valence-electron chi connectivity index (χ3n) is 3.91. The van der Waals surface area contributed by atoms with Crippen LogP contribution in [0.15, 0.2) is 23.1 Å². The summed E-state index contributed by atoms with van der Waals surface area (Å²) in [6.45, 7) is 1.12. The zero-order chi connectivity index (χ0) is 13.3. The number of aryl methyl sites for hydroxylation is 2. The van der Waals surface area contributed by atoms with Crippen molar-refractivity contribution < 1.29 is 13.2 Å². The van der Waals surface area contributed by atoms with Gasteiger partial charge in [-0.1, -0.05) is 6.07 Å². The number of hydrogen-bond donors (Lipinski definition) is 1. The third-order valence-corrected chi connectivity index (χ3v) is 5.33. The molecule has 104 valence electrons. The van der Waals surface area contributed by atoms with Crippen LogP contribution in [-0.2, 0) is 27.6 Å². The van der Waals surface area contributed by atoms with Crippen LogP contribution in [-0.4, -0.2) is 27.7 Å². The molecule has 1 heterocycles. The van der Waals surface area contributed by atoms with Crippen molar-refractivity contribution in [2.75, 3.05) is 13.2 Å². The second-order valence-corrected chi connectivity index (χ2v) is 7.04. The van der Waals surface area contributed by atoms with Crippen molar-refractivity contribution in [2.24, 2.45) is 0 Å². The summed E-state index contributed by atoms with van der Waals surface area (Å²) < 4.78 is 32.5. The van der Waals surface area contributed by atoms with Gasteiger partial charge in [-0.25, -0.2) is 13.1 Å². The molecule has 3 rings (SSSR count). The summed E-state index contributed by atoms with van der Waals surface area (Å²) in [4.78, 5) is 0.381. The van der Waals surface area contributed by atoms with Crippen molar-refractivity contribution in [3.8, 4) is 0 Å². The van der Waals surface area contributed by atoms with Crippen molar-refractivity contribution in [1.82, 2.24) is 4.72 Å². The van der Waals surface area contributed by atoms with E-state index in [9.17, 15) is 8.42 Å². The molecule has 1 aliphatic heterocycles. The maximum atomic E-state index is 12.2. The van der Waals surface area contributed by atoms with Gasteiger partial charge < -0.3 is 4.74 Å². The highest BCUT2D eigenvalue weighted by molar-refractivity contribution is 7.89. The van der Waals surface area contributed by atoms with Crippen LogP contribution in [0.1, 0.15) is 30.4 Å². The van der Waals surface area contributed by atoms with E-state index in [2.05, 4.69) is 4.72 Å². The van der Waals surface area contributed by atoms with E-state index in [1.165, 1.54) is 11.1 Å². The number of fused-ring (bicyclic) bond motifs is 1. The molecule has 5 heteroatoms. The van der Waals surface area contributed by atoms with Gasteiger partial charge in [0.1, 0.15) is 0 Å². The van der Waals surface area contributed by atoms with Gasteiger partial charge in [-0.15, -0.1) is 0 Å². The van der Waals surface area contributed by atoms with Crippen molar-refractivity contribution in [3.05, 3.63) is 29.3 Å². The number of hydrogen-bond acceptors (Lipinski definition) is 3. The first kappa shape index (κ1) is 13.1. The van der Waals surface area contributed by atoms with Crippen LogP contribution in [0.25, 0.3) is 0 Å². The van der Waals surface area contributed by atoms with Gasteiger partial charge in [0.15, 0.2) is 0 Å². The summed E-state index contributed by atoms with van der Waals surface area (Å²) in [6, 6.07) is 5.48. The quantitative estimate of drug-likeness (QED) is 0.912. The zero-order valence-electron chi connectivity index (χ0n) is 10.9. The van der Waals surface area contributed by atoms with E-state index >= 15 is 0 Å². The van der Waals surface area contributed by atoms with E-state index < -0.39 is 10.0 Å². The van der Waals surface area contributed by atoms with Crippen LogP contribution in [0.5, 0.6) is 0 Å². The van der Waals surface area contributed by atoms with E-state index in [0.717, 1.165) is 38.7 Å². The van der Waals surface area contributed by atoms with E-state index in [1.54, 1.807) is 6.07 Å². The standard InChI is InChI=1S/C14H19NO3S/c16-19(17,15-10-13-5-2-8-18-13)14-7-6-11-3-1-4-12(11)9-14/h6-7,9,13,15H,1-5,8,10H2. The molecule has 0 radical (unpaired) electrons. The molecule has 1 atom stereocenters. The number of benzene rings is 1. The number of nitrogens with one attached hydrogen (secondary N) is 1. The molecule has 0 saturated carbocycles. The Morgan fingerprint density at radius 3 is 2.84 bits per heavy atom. The van der Waals surface area contributed by atoms with Crippen molar-refractivity contribution in [2.45, 2.75) is 43.1 Å². The Kier molecular flexibility index (Phi) is 3.60. The van der Waals surface area contributed by atoms with Crippen LogP contribution < -0.4 is 4.72 Å². The highest BCUT2D eigenvalue weighted by Gasteiger charge is 2.21. The Hall–Kier alpha value is -0.910. The Labute approximate surface area is 114 Å². The molecule has 1 aromatic rings. The summed E-state index contributed by atoms with van der Waals surface area (Å²) in [5.74, 6) is 0. The first-order chi connectivity index (χ1) is 9.15. The minimum absolute atomic E-state index is 0.0317. The molecule has 0 aromatic heterocycles. The lowest BCUT2D eigenvalue weighted by molar-refractivity contribution is 0.114. The summed E-state index contributed by atoms with van der Waals surface area (Å²) in [5, 5.41) is 0. The van der Waals surface area contributed by atoms with Gasteiger partial charge in [0, 0.05) is 13.2 Å². The molecular weight excluding hydrogens is 262 g/mol. The SMILES string of the molecule is O=S(=O)(NCC1CCCO1)c1ccc2c(c1)CCC2. The van der Waals surface area contributed by atoms with Crippen molar-refractivity contribution >= 4 is 10.0 Å². The van der Waals surface area contributed by atoms with Gasteiger partial charge in [-0.3, -0.25) is 0 Å². The Bertz CT molecular complexity index is 562. The highest BCUT2D eigenvalue weighted by atomic mass is 32.2. The van der Waals surface area contributed by atoms with Gasteiger partial charge in [-0.2, -0.15) is 0 Å². The molecular formula is C14H19NO3S. The normalized spacial score (nSPS) is 22.6.